The molecule has 0 aliphatic carbocycles. The molecular weight excluding hydrogens is 270 g/mol. The Bertz CT molecular complexity index is 498. The molecule has 0 radical (unpaired) electrons. The molecule has 0 bridgehead atoms. The van der Waals surface area contributed by atoms with Gasteiger partial charge in [0.05, 0.1) is 18.7 Å². The smallest absolute Gasteiger partial charge is 0.410 e. The maximum absolute atomic E-state index is 11.9. The summed E-state index contributed by atoms with van der Waals surface area (Å²) in [6.45, 7) is 5.80. The molecule has 1 aromatic carbocycles. The number of cyclic esters (lactones) is 1. The summed E-state index contributed by atoms with van der Waals surface area (Å²) in [6.07, 6.45) is 0.722. The molecule has 1 aliphatic heterocycles. The van der Waals surface area contributed by atoms with E-state index in [0.717, 1.165) is 6.42 Å². The van der Waals surface area contributed by atoms with E-state index in [-0.39, 0.29) is 18.7 Å². The van der Waals surface area contributed by atoms with Crippen molar-refractivity contribution < 1.29 is 19.1 Å². The first-order chi connectivity index (χ1) is 10.1. The van der Waals surface area contributed by atoms with E-state index in [1.165, 1.54) is 10.5 Å². The fourth-order valence-electron chi connectivity index (χ4n) is 2.14. The largest absolute Gasteiger partial charge is 0.460 e. The molecule has 5 heteroatoms. The van der Waals surface area contributed by atoms with E-state index in [1.54, 1.807) is 12.1 Å². The van der Waals surface area contributed by atoms with Crippen molar-refractivity contribution in [2.24, 2.45) is 0 Å². The number of ether oxygens (including phenoxy) is 2. The monoisotopic (exact) mass is 291 g/mol. The quantitative estimate of drug-likeness (QED) is 0.756. The predicted molar refractivity (Wildman–Crippen MR) is 78.4 cm³/mol. The molecule has 1 atom stereocenters. The van der Waals surface area contributed by atoms with Crippen molar-refractivity contribution in [1.82, 2.24) is 4.90 Å². The van der Waals surface area contributed by atoms with Crippen LogP contribution in [0.4, 0.5) is 4.79 Å². The summed E-state index contributed by atoms with van der Waals surface area (Å²) in [5.41, 5.74) is 1.75. The van der Waals surface area contributed by atoms with Crippen molar-refractivity contribution in [2.75, 3.05) is 26.3 Å². The van der Waals surface area contributed by atoms with Crippen molar-refractivity contribution in [3.05, 3.63) is 35.4 Å². The highest BCUT2D eigenvalue weighted by molar-refractivity contribution is 5.89. The molecule has 0 aromatic heterocycles. The van der Waals surface area contributed by atoms with Crippen LogP contribution in [0.2, 0.25) is 0 Å². The average Bonchev–Trinajstić information content (AvgIpc) is 2.92. The van der Waals surface area contributed by atoms with Crippen LogP contribution in [0.25, 0.3) is 0 Å². The lowest BCUT2D eigenvalue weighted by Crippen LogP contribution is -2.29. The van der Waals surface area contributed by atoms with Crippen molar-refractivity contribution in [2.45, 2.75) is 26.2 Å². The highest BCUT2D eigenvalue weighted by atomic mass is 16.6. The van der Waals surface area contributed by atoms with E-state index in [0.29, 0.717) is 31.2 Å². The van der Waals surface area contributed by atoms with E-state index in [4.69, 9.17) is 9.47 Å². The second-order valence-electron chi connectivity index (χ2n) is 5.17. The van der Waals surface area contributed by atoms with Crippen LogP contribution in [0.5, 0.6) is 0 Å². The first-order valence-corrected chi connectivity index (χ1v) is 7.30. The summed E-state index contributed by atoms with van der Waals surface area (Å²) in [6, 6.07) is 7.49. The van der Waals surface area contributed by atoms with E-state index in [2.05, 4.69) is 13.8 Å². The SMILES string of the molecule is CCC(C)c1ccc(C(=O)OCCN2CCOC2=O)cc1. The van der Waals surface area contributed by atoms with Crippen molar-refractivity contribution in [1.29, 1.82) is 0 Å². The summed E-state index contributed by atoms with van der Waals surface area (Å²) in [5.74, 6) is 0.120. The van der Waals surface area contributed by atoms with Crippen molar-refractivity contribution >= 4 is 12.1 Å². The van der Waals surface area contributed by atoms with E-state index >= 15 is 0 Å². The number of carbonyl (C=O) groups excluding carboxylic acids is 2. The third kappa shape index (κ3) is 3.97. The lowest BCUT2D eigenvalue weighted by molar-refractivity contribution is 0.0477. The zero-order valence-electron chi connectivity index (χ0n) is 12.5. The number of nitrogens with zero attached hydrogens (tertiary/aromatic N) is 1. The van der Waals surface area contributed by atoms with Gasteiger partial charge in [-0.2, -0.15) is 0 Å². The summed E-state index contributed by atoms with van der Waals surface area (Å²) < 4.78 is 9.98. The summed E-state index contributed by atoms with van der Waals surface area (Å²) >= 11 is 0. The number of hydrogen-bond acceptors (Lipinski definition) is 4. The van der Waals surface area contributed by atoms with E-state index < -0.39 is 0 Å². The van der Waals surface area contributed by atoms with Gasteiger partial charge >= 0.3 is 12.1 Å². The Morgan fingerprint density at radius 1 is 1.38 bits per heavy atom. The predicted octanol–water partition coefficient (Wildman–Crippen LogP) is 2.81. The second-order valence-corrected chi connectivity index (χ2v) is 5.17. The van der Waals surface area contributed by atoms with Crippen LogP contribution >= 0.6 is 0 Å². The molecule has 0 N–H and O–H groups in total. The molecule has 1 amide bonds. The van der Waals surface area contributed by atoms with Gasteiger partial charge in [-0.25, -0.2) is 9.59 Å². The van der Waals surface area contributed by atoms with Gasteiger partial charge in [-0.05, 0) is 30.0 Å². The molecule has 21 heavy (non-hydrogen) atoms. The molecule has 1 aliphatic rings. The number of benzene rings is 1. The first-order valence-electron chi connectivity index (χ1n) is 7.30. The van der Waals surface area contributed by atoms with Crippen LogP contribution in [-0.2, 0) is 9.47 Å². The van der Waals surface area contributed by atoms with Crippen LogP contribution in [0.15, 0.2) is 24.3 Å². The molecule has 2 rings (SSSR count). The van der Waals surface area contributed by atoms with Gasteiger partial charge in [-0.1, -0.05) is 26.0 Å². The number of amides is 1. The van der Waals surface area contributed by atoms with Gasteiger partial charge in [-0.3, -0.25) is 0 Å². The minimum absolute atomic E-state index is 0.182. The minimum Gasteiger partial charge on any atom is -0.460 e. The van der Waals surface area contributed by atoms with Crippen LogP contribution in [0.3, 0.4) is 0 Å². The van der Waals surface area contributed by atoms with Gasteiger partial charge < -0.3 is 14.4 Å². The zero-order valence-corrected chi connectivity index (χ0v) is 12.5. The Kier molecular flexibility index (Phi) is 5.20. The summed E-state index contributed by atoms with van der Waals surface area (Å²) in [7, 11) is 0. The van der Waals surface area contributed by atoms with Crippen LogP contribution in [0, 0.1) is 0 Å². The molecule has 114 valence electrons. The maximum atomic E-state index is 11.9. The summed E-state index contributed by atoms with van der Waals surface area (Å²) in [5, 5.41) is 0. The lowest BCUT2D eigenvalue weighted by Gasteiger charge is -2.13. The van der Waals surface area contributed by atoms with Gasteiger partial charge in [0.1, 0.15) is 13.2 Å². The lowest BCUT2D eigenvalue weighted by atomic mass is 9.98. The molecular formula is C16H21NO4. The van der Waals surface area contributed by atoms with Crippen LogP contribution < -0.4 is 0 Å². The number of esters is 1. The van der Waals surface area contributed by atoms with E-state index in [1.807, 2.05) is 12.1 Å². The normalized spacial score (nSPS) is 15.7. The third-order valence-corrected chi connectivity index (χ3v) is 3.77. The molecule has 0 spiro atoms. The molecule has 1 fully saturated rings. The highest BCUT2D eigenvalue weighted by Crippen LogP contribution is 2.19. The highest BCUT2D eigenvalue weighted by Gasteiger charge is 2.21. The van der Waals surface area contributed by atoms with Gasteiger partial charge in [0.25, 0.3) is 0 Å². The van der Waals surface area contributed by atoms with Crippen molar-refractivity contribution in [3.63, 3.8) is 0 Å². The summed E-state index contributed by atoms with van der Waals surface area (Å²) in [4.78, 5) is 24.6. The molecule has 1 heterocycles. The van der Waals surface area contributed by atoms with Crippen LogP contribution in [-0.4, -0.2) is 43.3 Å². The Morgan fingerprint density at radius 2 is 2.10 bits per heavy atom. The molecule has 1 aromatic rings. The zero-order chi connectivity index (χ0) is 15.2. The number of rotatable bonds is 6. The first kappa shape index (κ1) is 15.4. The topological polar surface area (TPSA) is 55.8 Å². The molecule has 1 unspecified atom stereocenters. The van der Waals surface area contributed by atoms with Crippen molar-refractivity contribution in [3.8, 4) is 0 Å². The Labute approximate surface area is 124 Å². The molecule has 0 saturated carbocycles. The average molecular weight is 291 g/mol. The Balaban J connectivity index is 1.81. The van der Waals surface area contributed by atoms with Gasteiger partial charge in [-0.15, -0.1) is 0 Å². The molecule has 1 saturated heterocycles. The fourth-order valence-corrected chi connectivity index (χ4v) is 2.14. The van der Waals surface area contributed by atoms with Crippen LogP contribution in [0.1, 0.15) is 42.1 Å². The van der Waals surface area contributed by atoms with E-state index in [9.17, 15) is 9.59 Å². The number of hydrogen-bond donors (Lipinski definition) is 0. The number of carbonyl (C=O) groups is 2. The Morgan fingerprint density at radius 3 is 2.67 bits per heavy atom. The van der Waals surface area contributed by atoms with Gasteiger partial charge in [0.15, 0.2) is 0 Å². The standard InChI is InChI=1S/C16H21NO4/c1-3-12(2)13-4-6-14(7-5-13)15(18)20-10-8-17-9-11-21-16(17)19/h4-7,12H,3,8-11H2,1-2H3. The second kappa shape index (κ2) is 7.11. The van der Waals surface area contributed by atoms with Gasteiger partial charge in [0, 0.05) is 0 Å². The molecule has 5 nitrogen and oxygen atoms in total. The minimum atomic E-state index is -0.363. The third-order valence-electron chi connectivity index (χ3n) is 3.77. The maximum Gasteiger partial charge on any atom is 0.410 e. The van der Waals surface area contributed by atoms with Gasteiger partial charge in [0.2, 0.25) is 0 Å². The fraction of sp³-hybridized carbons (Fsp3) is 0.500. The Hall–Kier alpha value is -2.04.